The molecule has 0 saturated heterocycles. The lowest BCUT2D eigenvalue weighted by atomic mass is 10.1. The minimum Gasteiger partial charge on any atom is -0.388 e. The molecule has 0 bridgehead atoms. The van der Waals surface area contributed by atoms with Crippen molar-refractivity contribution in [2.75, 3.05) is 0 Å². The minimum absolute atomic E-state index is 0.356. The van der Waals surface area contributed by atoms with Crippen molar-refractivity contribution in [1.29, 1.82) is 0 Å². The van der Waals surface area contributed by atoms with E-state index in [1.54, 1.807) is 4.68 Å². The van der Waals surface area contributed by atoms with Gasteiger partial charge < -0.3 is 9.67 Å². The van der Waals surface area contributed by atoms with Gasteiger partial charge in [0.2, 0.25) is 0 Å². The molecule has 2 aromatic heterocycles. The topological polar surface area (TPSA) is 43.0 Å². The Morgan fingerprint density at radius 1 is 1.38 bits per heavy atom. The molecule has 0 radical (unpaired) electrons. The van der Waals surface area contributed by atoms with Gasteiger partial charge in [0, 0.05) is 25.6 Å². The molecule has 16 heavy (non-hydrogen) atoms. The van der Waals surface area contributed by atoms with Gasteiger partial charge in [-0.1, -0.05) is 6.92 Å². The SMILES string of the molecule is CCC(O)c1ccn(Cc2ccn(C)n2)c1. The summed E-state index contributed by atoms with van der Waals surface area (Å²) in [5.41, 5.74) is 1.99. The first-order chi connectivity index (χ1) is 7.69. The van der Waals surface area contributed by atoms with Crippen molar-refractivity contribution >= 4 is 0 Å². The van der Waals surface area contributed by atoms with Crippen LogP contribution in [0.25, 0.3) is 0 Å². The zero-order chi connectivity index (χ0) is 11.5. The third-order valence-corrected chi connectivity index (χ3v) is 2.66. The second-order valence-corrected chi connectivity index (χ2v) is 4.02. The summed E-state index contributed by atoms with van der Waals surface area (Å²) in [5, 5.41) is 14.0. The predicted octanol–water partition coefficient (Wildman–Crippen LogP) is 1.71. The molecule has 1 atom stereocenters. The molecule has 0 saturated carbocycles. The number of aliphatic hydroxyl groups is 1. The predicted molar refractivity (Wildman–Crippen MR) is 62.0 cm³/mol. The normalized spacial score (nSPS) is 12.9. The highest BCUT2D eigenvalue weighted by Crippen LogP contribution is 2.16. The maximum atomic E-state index is 9.68. The van der Waals surface area contributed by atoms with Crippen molar-refractivity contribution in [3.8, 4) is 0 Å². The highest BCUT2D eigenvalue weighted by atomic mass is 16.3. The highest BCUT2D eigenvalue weighted by molar-refractivity contribution is 5.14. The van der Waals surface area contributed by atoms with Crippen LogP contribution in [-0.4, -0.2) is 19.5 Å². The first-order valence-corrected chi connectivity index (χ1v) is 5.51. The lowest BCUT2D eigenvalue weighted by molar-refractivity contribution is 0.173. The molecule has 0 aliphatic heterocycles. The van der Waals surface area contributed by atoms with Crippen molar-refractivity contribution in [3.63, 3.8) is 0 Å². The zero-order valence-corrected chi connectivity index (χ0v) is 9.67. The van der Waals surface area contributed by atoms with Crippen LogP contribution in [0.2, 0.25) is 0 Å². The molecule has 4 nitrogen and oxygen atoms in total. The summed E-state index contributed by atoms with van der Waals surface area (Å²) in [5.74, 6) is 0. The van der Waals surface area contributed by atoms with Gasteiger partial charge in [0.25, 0.3) is 0 Å². The third kappa shape index (κ3) is 2.33. The van der Waals surface area contributed by atoms with Gasteiger partial charge in [-0.15, -0.1) is 0 Å². The van der Waals surface area contributed by atoms with Crippen LogP contribution in [0.3, 0.4) is 0 Å². The van der Waals surface area contributed by atoms with Crippen LogP contribution in [0.4, 0.5) is 0 Å². The number of aromatic nitrogens is 3. The lowest BCUT2D eigenvalue weighted by Crippen LogP contribution is -1.99. The van der Waals surface area contributed by atoms with Crippen molar-refractivity contribution in [3.05, 3.63) is 42.0 Å². The Hall–Kier alpha value is -1.55. The van der Waals surface area contributed by atoms with Crippen molar-refractivity contribution in [2.24, 2.45) is 7.05 Å². The van der Waals surface area contributed by atoms with Crippen LogP contribution in [0.5, 0.6) is 0 Å². The summed E-state index contributed by atoms with van der Waals surface area (Å²) < 4.78 is 3.83. The number of rotatable bonds is 4. The molecule has 0 fully saturated rings. The monoisotopic (exact) mass is 219 g/mol. The molecule has 1 N–H and O–H groups in total. The average Bonchev–Trinajstić information content (AvgIpc) is 2.87. The molecule has 0 spiro atoms. The summed E-state index contributed by atoms with van der Waals surface area (Å²) in [4.78, 5) is 0. The van der Waals surface area contributed by atoms with Crippen LogP contribution < -0.4 is 0 Å². The molecule has 0 aromatic carbocycles. The largest absolute Gasteiger partial charge is 0.388 e. The Balaban J connectivity index is 2.08. The van der Waals surface area contributed by atoms with E-state index in [1.165, 1.54) is 0 Å². The second-order valence-electron chi connectivity index (χ2n) is 4.02. The number of hydrogen-bond acceptors (Lipinski definition) is 2. The van der Waals surface area contributed by atoms with Crippen molar-refractivity contribution < 1.29 is 5.11 Å². The fraction of sp³-hybridized carbons (Fsp3) is 0.417. The van der Waals surface area contributed by atoms with Gasteiger partial charge in [-0.25, -0.2) is 0 Å². The van der Waals surface area contributed by atoms with E-state index in [4.69, 9.17) is 0 Å². The molecular formula is C12H17N3O. The maximum absolute atomic E-state index is 9.68. The zero-order valence-electron chi connectivity index (χ0n) is 9.67. The van der Waals surface area contributed by atoms with Gasteiger partial charge in [-0.2, -0.15) is 5.10 Å². The summed E-state index contributed by atoms with van der Waals surface area (Å²) in [6.45, 7) is 2.72. The van der Waals surface area contributed by atoms with Crippen LogP contribution >= 0.6 is 0 Å². The fourth-order valence-electron chi connectivity index (χ4n) is 1.73. The molecule has 4 heteroatoms. The summed E-state index contributed by atoms with van der Waals surface area (Å²) >= 11 is 0. The molecule has 0 amide bonds. The van der Waals surface area contributed by atoms with E-state index in [0.717, 1.165) is 24.2 Å². The second kappa shape index (κ2) is 4.53. The van der Waals surface area contributed by atoms with E-state index >= 15 is 0 Å². The van der Waals surface area contributed by atoms with Gasteiger partial charge in [0.1, 0.15) is 0 Å². The smallest absolute Gasteiger partial charge is 0.0821 e. The Labute approximate surface area is 95.1 Å². The number of nitrogens with zero attached hydrogens (tertiary/aromatic N) is 3. The maximum Gasteiger partial charge on any atom is 0.0821 e. The molecule has 2 aromatic rings. The molecule has 2 rings (SSSR count). The first kappa shape index (κ1) is 11.0. The van der Waals surface area contributed by atoms with Crippen molar-refractivity contribution in [1.82, 2.24) is 14.3 Å². The molecular weight excluding hydrogens is 202 g/mol. The standard InChI is InChI=1S/C12H17N3O/c1-3-12(16)10-4-7-15(8-10)9-11-5-6-14(2)13-11/h4-8,12,16H,3,9H2,1-2H3. The van der Waals surface area contributed by atoms with E-state index in [1.807, 2.05) is 49.3 Å². The van der Waals surface area contributed by atoms with E-state index in [-0.39, 0.29) is 6.10 Å². The Bertz CT molecular complexity index is 458. The van der Waals surface area contributed by atoms with Crippen LogP contribution in [0.1, 0.15) is 30.7 Å². The third-order valence-electron chi connectivity index (χ3n) is 2.66. The van der Waals surface area contributed by atoms with E-state index in [2.05, 4.69) is 5.10 Å². The number of aryl methyl sites for hydroxylation is 1. The average molecular weight is 219 g/mol. The summed E-state index contributed by atoms with van der Waals surface area (Å²) in [6, 6.07) is 3.95. The summed E-state index contributed by atoms with van der Waals surface area (Å²) in [7, 11) is 1.91. The van der Waals surface area contributed by atoms with Crippen LogP contribution in [0, 0.1) is 0 Å². The summed E-state index contributed by atoms with van der Waals surface area (Å²) in [6.07, 6.45) is 6.27. The lowest BCUT2D eigenvalue weighted by Gasteiger charge is -2.04. The van der Waals surface area contributed by atoms with Crippen LogP contribution in [-0.2, 0) is 13.6 Å². The molecule has 1 unspecified atom stereocenters. The van der Waals surface area contributed by atoms with Gasteiger partial charge in [-0.05, 0) is 24.1 Å². The van der Waals surface area contributed by atoms with E-state index in [0.29, 0.717) is 0 Å². The first-order valence-electron chi connectivity index (χ1n) is 5.51. The number of hydrogen-bond donors (Lipinski definition) is 1. The molecule has 86 valence electrons. The molecule has 0 aliphatic carbocycles. The van der Waals surface area contributed by atoms with Gasteiger partial charge in [0.05, 0.1) is 18.3 Å². The quantitative estimate of drug-likeness (QED) is 0.850. The van der Waals surface area contributed by atoms with Gasteiger partial charge >= 0.3 is 0 Å². The Morgan fingerprint density at radius 3 is 2.81 bits per heavy atom. The van der Waals surface area contributed by atoms with E-state index in [9.17, 15) is 5.11 Å². The van der Waals surface area contributed by atoms with Crippen molar-refractivity contribution in [2.45, 2.75) is 26.0 Å². The van der Waals surface area contributed by atoms with Gasteiger partial charge in [0.15, 0.2) is 0 Å². The van der Waals surface area contributed by atoms with Crippen LogP contribution in [0.15, 0.2) is 30.7 Å². The fourth-order valence-corrected chi connectivity index (χ4v) is 1.73. The highest BCUT2D eigenvalue weighted by Gasteiger charge is 2.06. The molecule has 0 aliphatic rings. The van der Waals surface area contributed by atoms with Gasteiger partial charge in [-0.3, -0.25) is 4.68 Å². The molecule has 2 heterocycles. The Kier molecular flexibility index (Phi) is 3.10. The minimum atomic E-state index is -0.356. The van der Waals surface area contributed by atoms with E-state index < -0.39 is 0 Å². The Morgan fingerprint density at radius 2 is 2.19 bits per heavy atom. The number of aliphatic hydroxyl groups excluding tert-OH is 1.